The minimum absolute atomic E-state index is 0.0734. The fourth-order valence-corrected chi connectivity index (χ4v) is 3.39. The average molecular weight is 350 g/mol. The fraction of sp³-hybridized carbons (Fsp3) is 0.300. The molecule has 6 heteroatoms. The van der Waals surface area contributed by atoms with Crippen LogP contribution in [0.1, 0.15) is 22.0 Å². The number of morpholine rings is 1. The molecule has 2 heterocycles. The average Bonchev–Trinajstić information content (AvgIpc) is 3.17. The lowest BCUT2D eigenvalue weighted by Crippen LogP contribution is -2.43. The highest BCUT2D eigenvalue weighted by atomic mass is 16.5. The highest BCUT2D eigenvalue weighted by Crippen LogP contribution is 2.21. The van der Waals surface area contributed by atoms with Crippen LogP contribution in [0.2, 0.25) is 0 Å². The molecule has 0 aliphatic carbocycles. The molecule has 0 unspecified atom stereocenters. The largest absolute Gasteiger partial charge is 0.379 e. The van der Waals surface area contributed by atoms with Gasteiger partial charge in [0.2, 0.25) is 0 Å². The Kier molecular flexibility index (Phi) is 4.95. The number of hydrogen-bond donors (Lipinski definition) is 2. The van der Waals surface area contributed by atoms with Crippen molar-refractivity contribution < 1.29 is 9.53 Å². The molecular weight excluding hydrogens is 328 g/mol. The summed E-state index contributed by atoms with van der Waals surface area (Å²) in [5.41, 5.74) is 3.57. The van der Waals surface area contributed by atoms with E-state index in [0.29, 0.717) is 12.1 Å². The second-order valence-corrected chi connectivity index (χ2v) is 6.42. The molecule has 6 nitrogen and oxygen atoms in total. The van der Waals surface area contributed by atoms with Crippen molar-refractivity contribution in [1.29, 1.82) is 0 Å². The zero-order valence-corrected chi connectivity index (χ0v) is 14.5. The summed E-state index contributed by atoms with van der Waals surface area (Å²) in [5.74, 6) is -0.0734. The Hall–Kier alpha value is -2.70. The molecule has 3 aromatic rings. The number of rotatable bonds is 5. The maximum absolute atomic E-state index is 12.6. The number of carbonyl (C=O) groups is 1. The van der Waals surface area contributed by atoms with Crippen LogP contribution in [0.4, 0.5) is 0 Å². The van der Waals surface area contributed by atoms with Crippen LogP contribution in [0.5, 0.6) is 0 Å². The third-order valence-electron chi connectivity index (χ3n) is 4.81. The zero-order chi connectivity index (χ0) is 17.8. The Morgan fingerprint density at radius 2 is 2.00 bits per heavy atom. The molecule has 1 aliphatic rings. The van der Waals surface area contributed by atoms with E-state index in [4.69, 9.17) is 4.74 Å². The lowest BCUT2D eigenvalue weighted by Gasteiger charge is -2.35. The monoisotopic (exact) mass is 350 g/mol. The molecule has 2 aromatic carbocycles. The summed E-state index contributed by atoms with van der Waals surface area (Å²) < 4.78 is 5.48. The quantitative estimate of drug-likeness (QED) is 0.741. The van der Waals surface area contributed by atoms with Crippen LogP contribution in [0, 0.1) is 0 Å². The number of ether oxygens (including phenoxy) is 1. The van der Waals surface area contributed by atoms with Crippen LogP contribution in [0.3, 0.4) is 0 Å². The van der Waals surface area contributed by atoms with E-state index in [-0.39, 0.29) is 11.9 Å². The van der Waals surface area contributed by atoms with Crippen molar-refractivity contribution in [2.45, 2.75) is 6.04 Å². The molecular formula is C20H22N4O2. The van der Waals surface area contributed by atoms with Crippen molar-refractivity contribution in [2.75, 3.05) is 32.8 Å². The maximum Gasteiger partial charge on any atom is 0.251 e. The van der Waals surface area contributed by atoms with Gasteiger partial charge in [0.25, 0.3) is 5.91 Å². The molecule has 0 radical (unpaired) electrons. The van der Waals surface area contributed by atoms with Gasteiger partial charge in [-0.25, -0.2) is 4.98 Å². The molecule has 26 heavy (non-hydrogen) atoms. The lowest BCUT2D eigenvalue weighted by molar-refractivity contribution is 0.0162. The van der Waals surface area contributed by atoms with Crippen LogP contribution in [0.15, 0.2) is 54.9 Å². The second kappa shape index (κ2) is 7.68. The number of nitrogens with zero attached hydrogens (tertiary/aromatic N) is 2. The normalized spacial score (nSPS) is 16.5. The second-order valence-electron chi connectivity index (χ2n) is 6.42. The van der Waals surface area contributed by atoms with Gasteiger partial charge in [-0.05, 0) is 23.8 Å². The van der Waals surface area contributed by atoms with Gasteiger partial charge < -0.3 is 15.0 Å². The number of fused-ring (bicyclic) bond motifs is 1. The standard InChI is InChI=1S/C20H22N4O2/c25-20(16-6-7-17-18(12-16)23-14-22-17)21-13-19(15-4-2-1-3-5-15)24-8-10-26-11-9-24/h1-7,12,14,19H,8-11,13H2,(H,21,25)(H,22,23)/t19-/m1/s1. The minimum Gasteiger partial charge on any atom is -0.379 e. The number of carbonyl (C=O) groups excluding carboxylic acids is 1. The third-order valence-corrected chi connectivity index (χ3v) is 4.81. The molecule has 0 saturated carbocycles. The van der Waals surface area contributed by atoms with E-state index in [1.165, 1.54) is 5.56 Å². The van der Waals surface area contributed by atoms with Crippen LogP contribution in [-0.4, -0.2) is 53.6 Å². The van der Waals surface area contributed by atoms with Gasteiger partial charge in [-0.3, -0.25) is 9.69 Å². The molecule has 0 spiro atoms. The predicted molar refractivity (Wildman–Crippen MR) is 100 cm³/mol. The van der Waals surface area contributed by atoms with Crippen molar-refractivity contribution in [1.82, 2.24) is 20.2 Å². The number of H-pyrrole nitrogens is 1. The summed E-state index contributed by atoms with van der Waals surface area (Å²) in [5, 5.41) is 3.10. The van der Waals surface area contributed by atoms with Crippen LogP contribution >= 0.6 is 0 Å². The van der Waals surface area contributed by atoms with Gasteiger partial charge in [0.05, 0.1) is 36.6 Å². The Morgan fingerprint density at radius 3 is 2.81 bits per heavy atom. The maximum atomic E-state index is 12.6. The van der Waals surface area contributed by atoms with Gasteiger partial charge in [0.15, 0.2) is 0 Å². The number of nitrogens with one attached hydrogen (secondary N) is 2. The number of aromatic nitrogens is 2. The van der Waals surface area contributed by atoms with Gasteiger partial charge in [0, 0.05) is 25.2 Å². The molecule has 0 bridgehead atoms. The van der Waals surface area contributed by atoms with Gasteiger partial charge >= 0.3 is 0 Å². The first-order valence-electron chi connectivity index (χ1n) is 8.89. The summed E-state index contributed by atoms with van der Waals surface area (Å²) in [6.45, 7) is 3.76. The van der Waals surface area contributed by atoms with Gasteiger partial charge in [0.1, 0.15) is 0 Å². The lowest BCUT2D eigenvalue weighted by atomic mass is 10.0. The Bertz CT molecular complexity index is 872. The van der Waals surface area contributed by atoms with E-state index >= 15 is 0 Å². The predicted octanol–water partition coefficient (Wildman–Crippen LogP) is 2.37. The van der Waals surface area contributed by atoms with Crippen molar-refractivity contribution in [3.05, 3.63) is 66.0 Å². The molecule has 1 atom stereocenters. The van der Waals surface area contributed by atoms with E-state index < -0.39 is 0 Å². The third kappa shape index (κ3) is 3.61. The molecule has 2 N–H and O–H groups in total. The number of amides is 1. The van der Waals surface area contributed by atoms with Crippen molar-refractivity contribution in [3.8, 4) is 0 Å². The van der Waals surface area contributed by atoms with Crippen molar-refractivity contribution in [2.24, 2.45) is 0 Å². The van der Waals surface area contributed by atoms with E-state index in [1.54, 1.807) is 6.33 Å². The first-order chi connectivity index (χ1) is 12.8. The molecule has 1 fully saturated rings. The first-order valence-corrected chi connectivity index (χ1v) is 8.89. The summed E-state index contributed by atoms with van der Waals surface area (Å²) in [7, 11) is 0. The highest BCUT2D eigenvalue weighted by molar-refractivity contribution is 5.97. The number of benzene rings is 2. The number of hydrogen-bond acceptors (Lipinski definition) is 4. The van der Waals surface area contributed by atoms with Crippen LogP contribution in [-0.2, 0) is 4.74 Å². The molecule has 4 rings (SSSR count). The minimum atomic E-state index is -0.0734. The number of imidazole rings is 1. The fourth-order valence-electron chi connectivity index (χ4n) is 3.39. The van der Waals surface area contributed by atoms with Crippen molar-refractivity contribution in [3.63, 3.8) is 0 Å². The van der Waals surface area contributed by atoms with E-state index in [0.717, 1.165) is 37.3 Å². The van der Waals surface area contributed by atoms with E-state index in [1.807, 2.05) is 36.4 Å². The molecule has 1 aliphatic heterocycles. The first kappa shape index (κ1) is 16.8. The highest BCUT2D eigenvalue weighted by Gasteiger charge is 2.23. The van der Waals surface area contributed by atoms with Crippen molar-refractivity contribution >= 4 is 16.9 Å². The van der Waals surface area contributed by atoms with Gasteiger partial charge in [-0.2, -0.15) is 0 Å². The zero-order valence-electron chi connectivity index (χ0n) is 14.5. The summed E-state index contributed by atoms with van der Waals surface area (Å²) in [6.07, 6.45) is 1.64. The van der Waals surface area contributed by atoms with Gasteiger partial charge in [-0.15, -0.1) is 0 Å². The van der Waals surface area contributed by atoms with E-state index in [2.05, 4.69) is 32.3 Å². The Balaban J connectivity index is 1.49. The van der Waals surface area contributed by atoms with Crippen LogP contribution in [0.25, 0.3) is 11.0 Å². The molecule has 1 aromatic heterocycles. The molecule has 1 amide bonds. The summed E-state index contributed by atoms with van der Waals surface area (Å²) in [4.78, 5) is 22.2. The Morgan fingerprint density at radius 1 is 1.19 bits per heavy atom. The van der Waals surface area contributed by atoms with Gasteiger partial charge in [-0.1, -0.05) is 30.3 Å². The smallest absolute Gasteiger partial charge is 0.251 e. The van der Waals surface area contributed by atoms with Crippen LogP contribution < -0.4 is 5.32 Å². The Labute approximate surface area is 152 Å². The molecule has 134 valence electrons. The molecule has 1 saturated heterocycles. The number of aromatic amines is 1. The topological polar surface area (TPSA) is 70.2 Å². The SMILES string of the molecule is O=C(NC[C@H](c1ccccc1)N1CCOCC1)c1ccc2nc[nH]c2c1. The van der Waals surface area contributed by atoms with E-state index in [9.17, 15) is 4.79 Å². The summed E-state index contributed by atoms with van der Waals surface area (Å²) >= 11 is 0. The summed E-state index contributed by atoms with van der Waals surface area (Å²) in [6, 6.07) is 16.0.